The van der Waals surface area contributed by atoms with Gasteiger partial charge in [0.2, 0.25) is 0 Å². The summed E-state index contributed by atoms with van der Waals surface area (Å²) in [5.74, 6) is 2.25. The first-order valence-corrected chi connectivity index (χ1v) is 3.72. The second-order valence-electron chi connectivity index (χ2n) is 2.17. The fourth-order valence-corrected chi connectivity index (χ4v) is 1.01. The van der Waals surface area contributed by atoms with Crippen LogP contribution >= 0.6 is 11.6 Å². The van der Waals surface area contributed by atoms with E-state index in [0.717, 1.165) is 0 Å². The minimum Gasteiger partial charge on any atom is -0.433 e. The van der Waals surface area contributed by atoms with Gasteiger partial charge in [0.25, 0.3) is 0 Å². The first-order valence-electron chi connectivity index (χ1n) is 3.34. The van der Waals surface area contributed by atoms with E-state index in [1.807, 2.05) is 0 Å². The van der Waals surface area contributed by atoms with Crippen molar-refractivity contribution in [2.75, 3.05) is 0 Å². The molecule has 0 aliphatic carbocycles. The van der Waals surface area contributed by atoms with Gasteiger partial charge in [-0.1, -0.05) is 17.5 Å². The lowest BCUT2D eigenvalue weighted by molar-refractivity contribution is -0.0497. The Bertz CT molecular complexity index is 344. The van der Waals surface area contributed by atoms with Crippen LogP contribution in [0.1, 0.15) is 5.56 Å². The Balaban J connectivity index is 2.93. The molecule has 4 heteroatoms. The quantitative estimate of drug-likeness (QED) is 0.670. The number of hydrogen-bond acceptors (Lipinski definition) is 1. The number of benzene rings is 1. The standard InChI is InChI=1S/C9H5ClF2O/c1-2-6-3-4-8(7(10)5-6)13-9(11)12/h1,3-5,9H. The zero-order chi connectivity index (χ0) is 9.84. The van der Waals surface area contributed by atoms with Crippen LogP contribution in [0, 0.1) is 12.3 Å². The molecule has 0 fully saturated rings. The van der Waals surface area contributed by atoms with E-state index in [-0.39, 0.29) is 10.8 Å². The maximum absolute atomic E-state index is 11.8. The van der Waals surface area contributed by atoms with Gasteiger partial charge in [-0.05, 0) is 18.2 Å². The molecule has 0 atom stereocenters. The molecular weight excluding hydrogens is 198 g/mol. The van der Waals surface area contributed by atoms with Crippen LogP contribution < -0.4 is 4.74 Å². The number of ether oxygens (including phenoxy) is 1. The van der Waals surface area contributed by atoms with Crippen molar-refractivity contribution in [3.05, 3.63) is 28.8 Å². The lowest BCUT2D eigenvalue weighted by Gasteiger charge is -2.05. The van der Waals surface area contributed by atoms with Gasteiger partial charge < -0.3 is 4.74 Å². The van der Waals surface area contributed by atoms with Crippen LogP contribution in [0.3, 0.4) is 0 Å². The van der Waals surface area contributed by atoms with Gasteiger partial charge in [-0.25, -0.2) is 0 Å². The summed E-state index contributed by atoms with van der Waals surface area (Å²) in [6, 6.07) is 4.17. The maximum Gasteiger partial charge on any atom is 0.387 e. The van der Waals surface area contributed by atoms with Crippen molar-refractivity contribution < 1.29 is 13.5 Å². The van der Waals surface area contributed by atoms with Crippen LogP contribution in [0.15, 0.2) is 18.2 Å². The Hall–Kier alpha value is -1.27. The highest BCUT2D eigenvalue weighted by Crippen LogP contribution is 2.26. The third-order valence-electron chi connectivity index (χ3n) is 1.31. The molecule has 0 heterocycles. The summed E-state index contributed by atoms with van der Waals surface area (Å²) in [5.41, 5.74) is 0.520. The molecule has 68 valence electrons. The van der Waals surface area contributed by atoms with Gasteiger partial charge in [-0.2, -0.15) is 8.78 Å². The third kappa shape index (κ3) is 2.60. The van der Waals surface area contributed by atoms with E-state index in [1.54, 1.807) is 0 Å². The van der Waals surface area contributed by atoms with Crippen molar-refractivity contribution in [3.8, 4) is 18.1 Å². The molecule has 0 saturated carbocycles. The lowest BCUT2D eigenvalue weighted by atomic mass is 10.2. The number of halogens is 3. The molecule has 1 nitrogen and oxygen atoms in total. The number of terminal acetylenes is 1. The van der Waals surface area contributed by atoms with Crippen molar-refractivity contribution in [2.45, 2.75) is 6.61 Å². The van der Waals surface area contributed by atoms with Crippen molar-refractivity contribution in [1.29, 1.82) is 0 Å². The van der Waals surface area contributed by atoms with E-state index in [0.29, 0.717) is 5.56 Å². The Morgan fingerprint density at radius 2 is 2.15 bits per heavy atom. The average molecular weight is 203 g/mol. The summed E-state index contributed by atoms with van der Waals surface area (Å²) < 4.78 is 27.6. The molecule has 0 aliphatic rings. The Morgan fingerprint density at radius 1 is 1.46 bits per heavy atom. The molecule has 1 aromatic rings. The van der Waals surface area contributed by atoms with Gasteiger partial charge >= 0.3 is 6.61 Å². The number of rotatable bonds is 2. The predicted octanol–water partition coefficient (Wildman–Crippen LogP) is 2.92. The van der Waals surface area contributed by atoms with E-state index < -0.39 is 6.61 Å². The minimum absolute atomic E-state index is 0.0735. The second-order valence-corrected chi connectivity index (χ2v) is 2.58. The number of alkyl halides is 2. The zero-order valence-electron chi connectivity index (χ0n) is 6.43. The van der Waals surface area contributed by atoms with Crippen LogP contribution in [-0.2, 0) is 0 Å². The van der Waals surface area contributed by atoms with E-state index in [2.05, 4.69) is 10.7 Å². The van der Waals surface area contributed by atoms with E-state index in [9.17, 15) is 8.78 Å². The Kier molecular flexibility index (Phi) is 3.10. The molecule has 1 aromatic carbocycles. The average Bonchev–Trinajstić information content (AvgIpc) is 2.08. The first-order chi connectivity index (χ1) is 6.13. The lowest BCUT2D eigenvalue weighted by Crippen LogP contribution is -2.02. The van der Waals surface area contributed by atoms with Gasteiger partial charge in [-0.3, -0.25) is 0 Å². The van der Waals surface area contributed by atoms with E-state index >= 15 is 0 Å². The molecule has 0 spiro atoms. The van der Waals surface area contributed by atoms with Gasteiger partial charge in [0, 0.05) is 5.56 Å². The highest BCUT2D eigenvalue weighted by Gasteiger charge is 2.07. The predicted molar refractivity (Wildman–Crippen MR) is 46.0 cm³/mol. The van der Waals surface area contributed by atoms with Gasteiger partial charge in [0.05, 0.1) is 5.02 Å². The summed E-state index contributed by atoms with van der Waals surface area (Å²) >= 11 is 5.60. The van der Waals surface area contributed by atoms with Crippen LogP contribution in [0.25, 0.3) is 0 Å². The summed E-state index contributed by atoms with van der Waals surface area (Å²) in [7, 11) is 0. The molecule has 0 N–H and O–H groups in total. The van der Waals surface area contributed by atoms with Crippen molar-refractivity contribution in [1.82, 2.24) is 0 Å². The molecular formula is C9H5ClF2O. The Labute approximate surface area is 79.3 Å². The van der Waals surface area contributed by atoms with Crippen LogP contribution in [-0.4, -0.2) is 6.61 Å². The maximum atomic E-state index is 11.8. The molecule has 13 heavy (non-hydrogen) atoms. The molecule has 0 radical (unpaired) electrons. The summed E-state index contributed by atoms with van der Waals surface area (Å²) in [6.07, 6.45) is 5.07. The largest absolute Gasteiger partial charge is 0.433 e. The van der Waals surface area contributed by atoms with Crippen LogP contribution in [0.4, 0.5) is 8.78 Å². The van der Waals surface area contributed by atoms with Gasteiger partial charge in [0.1, 0.15) is 5.75 Å². The molecule has 0 aliphatic heterocycles. The summed E-state index contributed by atoms with van der Waals surface area (Å²) in [6.45, 7) is -2.88. The topological polar surface area (TPSA) is 9.23 Å². The van der Waals surface area contributed by atoms with Crippen molar-refractivity contribution in [3.63, 3.8) is 0 Å². The monoisotopic (exact) mass is 202 g/mol. The molecule has 0 aromatic heterocycles. The third-order valence-corrected chi connectivity index (χ3v) is 1.61. The Morgan fingerprint density at radius 3 is 2.62 bits per heavy atom. The molecule has 0 amide bonds. The van der Waals surface area contributed by atoms with Crippen molar-refractivity contribution in [2.24, 2.45) is 0 Å². The van der Waals surface area contributed by atoms with Crippen LogP contribution in [0.5, 0.6) is 5.75 Å². The summed E-state index contributed by atoms with van der Waals surface area (Å²) in [5, 5.41) is 0.0794. The molecule has 0 bridgehead atoms. The van der Waals surface area contributed by atoms with Gasteiger partial charge in [-0.15, -0.1) is 6.42 Å². The van der Waals surface area contributed by atoms with Crippen LogP contribution in [0.2, 0.25) is 5.02 Å². The minimum atomic E-state index is -2.88. The second kappa shape index (κ2) is 4.11. The SMILES string of the molecule is C#Cc1ccc(OC(F)F)c(Cl)c1. The first kappa shape index (κ1) is 9.82. The van der Waals surface area contributed by atoms with E-state index in [1.165, 1.54) is 18.2 Å². The molecule has 1 rings (SSSR count). The normalized spacial score (nSPS) is 9.77. The van der Waals surface area contributed by atoms with Crippen molar-refractivity contribution >= 4 is 11.6 Å². The molecule has 0 unspecified atom stereocenters. The van der Waals surface area contributed by atoms with E-state index in [4.69, 9.17) is 18.0 Å². The zero-order valence-corrected chi connectivity index (χ0v) is 7.18. The highest BCUT2D eigenvalue weighted by molar-refractivity contribution is 6.32. The molecule has 0 saturated heterocycles. The fraction of sp³-hybridized carbons (Fsp3) is 0.111. The van der Waals surface area contributed by atoms with Gasteiger partial charge in [0.15, 0.2) is 0 Å². The number of hydrogen-bond donors (Lipinski definition) is 0. The fourth-order valence-electron chi connectivity index (χ4n) is 0.782. The smallest absolute Gasteiger partial charge is 0.387 e. The summed E-state index contributed by atoms with van der Waals surface area (Å²) in [4.78, 5) is 0. The highest BCUT2D eigenvalue weighted by atomic mass is 35.5.